The van der Waals surface area contributed by atoms with Gasteiger partial charge in [-0.05, 0) is 24.3 Å². The molecule has 0 fully saturated rings. The molecule has 5 nitrogen and oxygen atoms in total. The standard InChI is InChI=1S/C16H16F2N4O/c1-9(2)16-20-15(21-22-16)6-4-11(19)8-14(23)12-5-3-10(17)7-13(12)18/h3-7,9,19H,8H2,1-2H3,(H,20,21,22)/b6-4-,19-11?. The van der Waals surface area contributed by atoms with E-state index in [9.17, 15) is 13.6 Å². The third-order valence-electron chi connectivity index (χ3n) is 3.08. The molecule has 0 spiro atoms. The molecule has 0 unspecified atom stereocenters. The number of hydrogen-bond donors (Lipinski definition) is 2. The van der Waals surface area contributed by atoms with Crippen LogP contribution in [-0.2, 0) is 0 Å². The molecule has 2 aromatic rings. The van der Waals surface area contributed by atoms with Crippen LogP contribution in [0.2, 0.25) is 0 Å². The van der Waals surface area contributed by atoms with Crippen molar-refractivity contribution >= 4 is 17.6 Å². The predicted octanol–water partition coefficient (Wildman–Crippen LogP) is 3.51. The van der Waals surface area contributed by atoms with E-state index in [4.69, 9.17) is 5.41 Å². The maximum atomic E-state index is 13.5. The van der Waals surface area contributed by atoms with Gasteiger partial charge in [-0.2, -0.15) is 5.10 Å². The first kappa shape index (κ1) is 16.7. The zero-order valence-electron chi connectivity index (χ0n) is 12.7. The quantitative estimate of drug-likeness (QED) is 0.631. The zero-order chi connectivity index (χ0) is 17.0. The minimum Gasteiger partial charge on any atom is -0.305 e. The van der Waals surface area contributed by atoms with Gasteiger partial charge in [-0.3, -0.25) is 9.89 Å². The van der Waals surface area contributed by atoms with Gasteiger partial charge in [0.2, 0.25) is 0 Å². The SMILES string of the molecule is CC(C)c1nc(/C=C\C(=N)CC(=O)c2ccc(F)cc2F)n[nH]1. The van der Waals surface area contributed by atoms with Crippen LogP contribution in [-0.4, -0.2) is 26.7 Å². The first-order chi connectivity index (χ1) is 10.9. The number of Topliss-reactive ketones (excluding diaryl/α,β-unsaturated/α-hetero) is 1. The number of rotatable bonds is 6. The van der Waals surface area contributed by atoms with E-state index in [0.717, 1.165) is 18.0 Å². The summed E-state index contributed by atoms with van der Waals surface area (Å²) in [5.41, 5.74) is -0.251. The lowest BCUT2D eigenvalue weighted by Crippen LogP contribution is -2.07. The summed E-state index contributed by atoms with van der Waals surface area (Å²) in [6.07, 6.45) is 2.59. The van der Waals surface area contributed by atoms with Crippen molar-refractivity contribution in [1.82, 2.24) is 15.2 Å². The van der Waals surface area contributed by atoms with Crippen LogP contribution < -0.4 is 0 Å². The van der Waals surface area contributed by atoms with Crippen molar-refractivity contribution in [3.63, 3.8) is 0 Å². The number of nitrogens with one attached hydrogen (secondary N) is 2. The number of H-pyrrole nitrogens is 1. The zero-order valence-corrected chi connectivity index (χ0v) is 12.7. The molecule has 23 heavy (non-hydrogen) atoms. The Morgan fingerprint density at radius 2 is 2.13 bits per heavy atom. The number of benzene rings is 1. The van der Waals surface area contributed by atoms with Crippen molar-refractivity contribution in [2.75, 3.05) is 0 Å². The summed E-state index contributed by atoms with van der Waals surface area (Å²) in [4.78, 5) is 16.1. The van der Waals surface area contributed by atoms with E-state index in [-0.39, 0.29) is 23.6 Å². The lowest BCUT2D eigenvalue weighted by atomic mass is 10.0. The molecule has 7 heteroatoms. The molecule has 0 bridgehead atoms. The molecule has 0 amide bonds. The van der Waals surface area contributed by atoms with Crippen LogP contribution in [0, 0.1) is 17.0 Å². The summed E-state index contributed by atoms with van der Waals surface area (Å²) in [5, 5.41) is 14.5. The average Bonchev–Trinajstić information content (AvgIpc) is 2.94. The van der Waals surface area contributed by atoms with Crippen LogP contribution in [0.25, 0.3) is 6.08 Å². The van der Waals surface area contributed by atoms with Crippen molar-refractivity contribution < 1.29 is 13.6 Å². The fourth-order valence-electron chi connectivity index (χ4n) is 1.84. The summed E-state index contributed by atoms with van der Waals surface area (Å²) in [5.74, 6) is -0.941. The first-order valence-corrected chi connectivity index (χ1v) is 7.03. The van der Waals surface area contributed by atoms with Crippen LogP contribution in [0.15, 0.2) is 24.3 Å². The fraction of sp³-hybridized carbons (Fsp3) is 0.250. The average molecular weight is 318 g/mol. The molecule has 0 saturated heterocycles. The number of allylic oxidation sites excluding steroid dienone is 1. The highest BCUT2D eigenvalue weighted by Gasteiger charge is 2.13. The van der Waals surface area contributed by atoms with E-state index >= 15 is 0 Å². The molecule has 0 aliphatic carbocycles. The summed E-state index contributed by atoms with van der Waals surface area (Å²) in [6.45, 7) is 3.93. The third-order valence-corrected chi connectivity index (χ3v) is 3.08. The monoisotopic (exact) mass is 318 g/mol. The molecule has 0 radical (unpaired) electrons. The molecule has 120 valence electrons. The fourth-order valence-corrected chi connectivity index (χ4v) is 1.84. The highest BCUT2D eigenvalue weighted by Crippen LogP contribution is 2.13. The van der Waals surface area contributed by atoms with E-state index in [1.807, 2.05) is 13.8 Å². The molecule has 0 aliphatic rings. The number of aromatic nitrogens is 3. The lowest BCUT2D eigenvalue weighted by Gasteiger charge is -2.01. The van der Waals surface area contributed by atoms with Crippen LogP contribution in [0.1, 0.15) is 48.2 Å². The third kappa shape index (κ3) is 4.38. The largest absolute Gasteiger partial charge is 0.305 e. The maximum Gasteiger partial charge on any atom is 0.173 e. The van der Waals surface area contributed by atoms with E-state index in [1.54, 1.807) is 0 Å². The van der Waals surface area contributed by atoms with Gasteiger partial charge < -0.3 is 5.41 Å². The Hall–Kier alpha value is -2.70. The van der Waals surface area contributed by atoms with Crippen LogP contribution in [0.4, 0.5) is 8.78 Å². The summed E-state index contributed by atoms with van der Waals surface area (Å²) >= 11 is 0. The number of nitrogens with zero attached hydrogens (tertiary/aromatic N) is 2. The Morgan fingerprint density at radius 3 is 2.74 bits per heavy atom. The minimum atomic E-state index is -0.928. The van der Waals surface area contributed by atoms with Crippen molar-refractivity contribution in [3.05, 3.63) is 53.1 Å². The van der Waals surface area contributed by atoms with Crippen molar-refractivity contribution in [2.45, 2.75) is 26.2 Å². The molecule has 0 saturated carbocycles. The van der Waals surface area contributed by atoms with Gasteiger partial charge in [0.1, 0.15) is 17.5 Å². The van der Waals surface area contributed by atoms with Gasteiger partial charge in [0.15, 0.2) is 11.6 Å². The Balaban J connectivity index is 2.00. The number of carbonyl (C=O) groups excluding carboxylic acids is 1. The van der Waals surface area contributed by atoms with Gasteiger partial charge >= 0.3 is 0 Å². The molecule has 2 rings (SSSR count). The Bertz CT molecular complexity index is 765. The highest BCUT2D eigenvalue weighted by molar-refractivity contribution is 6.13. The summed E-state index contributed by atoms with van der Waals surface area (Å²) < 4.78 is 26.3. The topological polar surface area (TPSA) is 82.5 Å². The van der Waals surface area contributed by atoms with E-state index < -0.39 is 17.4 Å². The summed E-state index contributed by atoms with van der Waals surface area (Å²) in [7, 11) is 0. The smallest absolute Gasteiger partial charge is 0.173 e. The van der Waals surface area contributed by atoms with Crippen molar-refractivity contribution in [3.8, 4) is 0 Å². The van der Waals surface area contributed by atoms with Crippen LogP contribution in [0.3, 0.4) is 0 Å². The number of aromatic amines is 1. The van der Waals surface area contributed by atoms with E-state index in [2.05, 4.69) is 15.2 Å². The Labute approximate surface area is 132 Å². The van der Waals surface area contributed by atoms with Crippen molar-refractivity contribution in [1.29, 1.82) is 5.41 Å². The second kappa shape index (κ2) is 7.04. The Kier molecular flexibility index (Phi) is 5.10. The van der Waals surface area contributed by atoms with Crippen LogP contribution in [0.5, 0.6) is 0 Å². The number of ketones is 1. The molecule has 1 aromatic carbocycles. The molecule has 2 N–H and O–H groups in total. The van der Waals surface area contributed by atoms with Gasteiger partial charge in [0, 0.05) is 17.7 Å². The Morgan fingerprint density at radius 1 is 1.39 bits per heavy atom. The van der Waals surface area contributed by atoms with Crippen LogP contribution >= 0.6 is 0 Å². The van der Waals surface area contributed by atoms with Gasteiger partial charge in [-0.25, -0.2) is 13.8 Å². The lowest BCUT2D eigenvalue weighted by molar-refractivity contribution is 0.0997. The first-order valence-electron chi connectivity index (χ1n) is 7.03. The molecule has 1 aromatic heterocycles. The second-order valence-corrected chi connectivity index (χ2v) is 5.32. The van der Waals surface area contributed by atoms with Crippen molar-refractivity contribution in [2.24, 2.45) is 0 Å². The molecule has 1 heterocycles. The van der Waals surface area contributed by atoms with Gasteiger partial charge in [0.25, 0.3) is 0 Å². The molecular formula is C16H16F2N4O. The minimum absolute atomic E-state index is 0.0189. The molecule has 0 atom stereocenters. The predicted molar refractivity (Wildman–Crippen MR) is 82.5 cm³/mol. The number of carbonyl (C=O) groups is 1. The highest BCUT2D eigenvalue weighted by atomic mass is 19.1. The van der Waals surface area contributed by atoms with E-state index in [1.165, 1.54) is 12.2 Å². The number of hydrogen-bond acceptors (Lipinski definition) is 4. The molecule has 0 aliphatic heterocycles. The normalized spacial score (nSPS) is 11.3. The maximum absolute atomic E-state index is 13.5. The van der Waals surface area contributed by atoms with Gasteiger partial charge in [-0.15, -0.1) is 0 Å². The van der Waals surface area contributed by atoms with Gasteiger partial charge in [-0.1, -0.05) is 13.8 Å². The van der Waals surface area contributed by atoms with E-state index in [0.29, 0.717) is 11.9 Å². The molecular weight excluding hydrogens is 302 g/mol. The second-order valence-electron chi connectivity index (χ2n) is 5.32. The number of halogens is 2. The summed E-state index contributed by atoms with van der Waals surface area (Å²) in [6, 6.07) is 2.73. The van der Waals surface area contributed by atoms with Gasteiger partial charge in [0.05, 0.1) is 12.0 Å².